The lowest BCUT2D eigenvalue weighted by molar-refractivity contribution is -0.126. The molecule has 2 rings (SSSR count). The van der Waals surface area contributed by atoms with Crippen molar-refractivity contribution in [1.29, 1.82) is 0 Å². The third-order valence-corrected chi connectivity index (χ3v) is 4.62. The van der Waals surface area contributed by atoms with Gasteiger partial charge < -0.3 is 5.73 Å². The summed E-state index contributed by atoms with van der Waals surface area (Å²) in [5, 5.41) is 0. The molecule has 1 aliphatic rings. The normalized spacial score (nSPS) is 23.5. The minimum Gasteiger partial charge on any atom is -0.399 e. The summed E-state index contributed by atoms with van der Waals surface area (Å²) < 4.78 is 0.691. The Hall–Kier alpha value is -1.36. The molecule has 2 amide bonds. The van der Waals surface area contributed by atoms with Crippen LogP contribution >= 0.6 is 15.9 Å². The number of benzene rings is 1. The minimum absolute atomic E-state index is 0.105. The van der Waals surface area contributed by atoms with Gasteiger partial charge in [-0.05, 0) is 47.0 Å². The molecule has 0 saturated carbocycles. The Morgan fingerprint density at radius 2 is 2.00 bits per heavy atom. The fourth-order valence-corrected chi connectivity index (χ4v) is 2.66. The van der Waals surface area contributed by atoms with Gasteiger partial charge >= 0.3 is 0 Å². The number of carbonyl (C=O) groups is 2. The lowest BCUT2D eigenvalue weighted by atomic mass is 9.78. The van der Waals surface area contributed by atoms with Crippen molar-refractivity contribution in [2.24, 2.45) is 11.3 Å². The molecule has 1 saturated heterocycles. The zero-order valence-corrected chi connectivity index (χ0v) is 12.8. The molecule has 1 unspecified atom stereocenters. The van der Waals surface area contributed by atoms with Gasteiger partial charge in [0.25, 0.3) is 0 Å². The average molecular weight is 325 g/mol. The lowest BCUT2D eigenvalue weighted by Gasteiger charge is -2.26. The average Bonchev–Trinajstić information content (AvgIpc) is 2.55. The van der Waals surface area contributed by atoms with E-state index in [0.717, 1.165) is 0 Å². The number of nitrogen functional groups attached to an aromatic ring is 1. The van der Waals surface area contributed by atoms with Crippen molar-refractivity contribution in [2.45, 2.75) is 27.2 Å². The Labute approximate surface area is 121 Å². The van der Waals surface area contributed by atoms with Gasteiger partial charge in [0.1, 0.15) is 0 Å². The molecule has 0 aliphatic carbocycles. The Bertz CT molecular complexity index is 556. The minimum atomic E-state index is -0.638. The quantitative estimate of drug-likeness (QED) is 0.672. The maximum absolute atomic E-state index is 12.6. The SMILES string of the molecule is CC(C)C1(C)CC(=O)N(c2cc(N)ccc2Br)C1=O. The molecule has 1 aromatic carbocycles. The maximum atomic E-state index is 12.6. The lowest BCUT2D eigenvalue weighted by Crippen LogP contribution is -2.37. The van der Waals surface area contributed by atoms with Crippen LogP contribution in [0, 0.1) is 11.3 Å². The number of rotatable bonds is 2. The topological polar surface area (TPSA) is 63.4 Å². The molecule has 1 atom stereocenters. The zero-order chi connectivity index (χ0) is 14.4. The van der Waals surface area contributed by atoms with Gasteiger partial charge in [0.05, 0.1) is 11.1 Å². The molecular formula is C14H17BrN2O2. The number of nitrogens with two attached hydrogens (primary N) is 1. The number of halogens is 1. The van der Waals surface area contributed by atoms with Gasteiger partial charge in [-0.1, -0.05) is 13.8 Å². The molecule has 2 N–H and O–H groups in total. The molecule has 5 heteroatoms. The standard InChI is InChI=1S/C14H17BrN2O2/c1-8(2)14(3)7-12(18)17(13(14)19)11-6-9(16)4-5-10(11)15/h4-6,8H,7,16H2,1-3H3. The van der Waals surface area contributed by atoms with E-state index in [4.69, 9.17) is 5.73 Å². The van der Waals surface area contributed by atoms with Crippen molar-refractivity contribution in [3.63, 3.8) is 0 Å². The number of hydrogen-bond donors (Lipinski definition) is 1. The Morgan fingerprint density at radius 3 is 2.53 bits per heavy atom. The van der Waals surface area contributed by atoms with Gasteiger partial charge in [0.2, 0.25) is 11.8 Å². The van der Waals surface area contributed by atoms with Gasteiger partial charge in [-0.25, -0.2) is 4.90 Å². The first-order valence-corrected chi connectivity index (χ1v) is 6.99. The molecule has 0 bridgehead atoms. The van der Waals surface area contributed by atoms with Crippen molar-refractivity contribution in [3.8, 4) is 0 Å². The summed E-state index contributed by atoms with van der Waals surface area (Å²) in [5.41, 5.74) is 6.16. The highest BCUT2D eigenvalue weighted by Gasteiger charge is 2.50. The largest absolute Gasteiger partial charge is 0.399 e. The van der Waals surface area contributed by atoms with E-state index >= 15 is 0 Å². The molecule has 1 aliphatic heterocycles. The Morgan fingerprint density at radius 1 is 1.37 bits per heavy atom. The summed E-state index contributed by atoms with van der Waals surface area (Å²) in [4.78, 5) is 26.0. The number of nitrogens with zero attached hydrogens (tertiary/aromatic N) is 1. The first kappa shape index (κ1) is 14.1. The smallest absolute Gasteiger partial charge is 0.240 e. The molecule has 1 heterocycles. The second-order valence-corrected chi connectivity index (χ2v) is 6.35. The van der Waals surface area contributed by atoms with E-state index in [-0.39, 0.29) is 24.2 Å². The van der Waals surface area contributed by atoms with Crippen LogP contribution in [0.1, 0.15) is 27.2 Å². The predicted molar refractivity (Wildman–Crippen MR) is 78.6 cm³/mol. The highest BCUT2D eigenvalue weighted by Crippen LogP contribution is 2.43. The van der Waals surface area contributed by atoms with Crippen LogP contribution < -0.4 is 10.6 Å². The molecule has 102 valence electrons. The summed E-state index contributed by atoms with van der Waals surface area (Å²) >= 11 is 3.37. The van der Waals surface area contributed by atoms with Gasteiger partial charge in [0.15, 0.2) is 0 Å². The van der Waals surface area contributed by atoms with E-state index in [9.17, 15) is 9.59 Å². The number of carbonyl (C=O) groups excluding carboxylic acids is 2. The number of hydrogen-bond acceptors (Lipinski definition) is 3. The highest BCUT2D eigenvalue weighted by atomic mass is 79.9. The number of amides is 2. The maximum Gasteiger partial charge on any atom is 0.240 e. The van der Waals surface area contributed by atoms with E-state index in [1.165, 1.54) is 4.90 Å². The van der Waals surface area contributed by atoms with Crippen LogP contribution in [-0.2, 0) is 9.59 Å². The monoisotopic (exact) mass is 324 g/mol. The molecule has 4 nitrogen and oxygen atoms in total. The summed E-state index contributed by atoms with van der Waals surface area (Å²) in [7, 11) is 0. The molecular weight excluding hydrogens is 308 g/mol. The van der Waals surface area contributed by atoms with Crippen LogP contribution in [0.5, 0.6) is 0 Å². The first-order valence-electron chi connectivity index (χ1n) is 6.20. The molecule has 0 aromatic heterocycles. The van der Waals surface area contributed by atoms with Gasteiger partial charge in [-0.3, -0.25) is 9.59 Å². The van der Waals surface area contributed by atoms with Gasteiger partial charge in [0, 0.05) is 16.6 Å². The Balaban J connectivity index is 2.49. The van der Waals surface area contributed by atoms with Crippen molar-refractivity contribution in [3.05, 3.63) is 22.7 Å². The Kier molecular flexibility index (Phi) is 3.43. The highest BCUT2D eigenvalue weighted by molar-refractivity contribution is 9.10. The van der Waals surface area contributed by atoms with Gasteiger partial charge in [-0.15, -0.1) is 0 Å². The van der Waals surface area contributed by atoms with Crippen LogP contribution in [0.15, 0.2) is 22.7 Å². The second-order valence-electron chi connectivity index (χ2n) is 5.49. The van der Waals surface area contributed by atoms with Gasteiger partial charge in [-0.2, -0.15) is 0 Å². The molecule has 0 spiro atoms. The summed E-state index contributed by atoms with van der Waals surface area (Å²) in [6.07, 6.45) is 0.241. The van der Waals surface area contributed by atoms with Crippen molar-refractivity contribution < 1.29 is 9.59 Å². The summed E-state index contributed by atoms with van der Waals surface area (Å²) in [6.45, 7) is 5.77. The number of imide groups is 1. The molecule has 1 fully saturated rings. The summed E-state index contributed by atoms with van der Waals surface area (Å²) in [5.74, 6) is -0.222. The van der Waals surface area contributed by atoms with Crippen LogP contribution in [-0.4, -0.2) is 11.8 Å². The fourth-order valence-electron chi connectivity index (χ4n) is 2.23. The number of anilines is 2. The third kappa shape index (κ3) is 2.16. The molecule has 1 aromatic rings. The van der Waals surface area contributed by atoms with Crippen molar-refractivity contribution in [2.75, 3.05) is 10.6 Å². The van der Waals surface area contributed by atoms with E-state index in [2.05, 4.69) is 15.9 Å². The van der Waals surface area contributed by atoms with Crippen molar-refractivity contribution in [1.82, 2.24) is 0 Å². The van der Waals surface area contributed by atoms with Crippen LogP contribution in [0.2, 0.25) is 0 Å². The van der Waals surface area contributed by atoms with Crippen LogP contribution in [0.3, 0.4) is 0 Å². The van der Waals surface area contributed by atoms with Crippen molar-refractivity contribution >= 4 is 39.1 Å². The first-order chi connectivity index (χ1) is 8.77. The second kappa shape index (κ2) is 4.63. The van der Waals surface area contributed by atoms with Crippen LogP contribution in [0.4, 0.5) is 11.4 Å². The van der Waals surface area contributed by atoms with E-state index in [1.807, 2.05) is 20.8 Å². The fraction of sp³-hybridized carbons (Fsp3) is 0.429. The van der Waals surface area contributed by atoms with E-state index < -0.39 is 5.41 Å². The third-order valence-electron chi connectivity index (χ3n) is 3.94. The molecule has 0 radical (unpaired) electrons. The predicted octanol–water partition coefficient (Wildman–Crippen LogP) is 2.96. The molecule has 19 heavy (non-hydrogen) atoms. The van der Waals surface area contributed by atoms with Crippen LogP contribution in [0.25, 0.3) is 0 Å². The van der Waals surface area contributed by atoms with E-state index in [1.54, 1.807) is 18.2 Å². The van der Waals surface area contributed by atoms with E-state index in [0.29, 0.717) is 15.8 Å². The summed E-state index contributed by atoms with van der Waals surface area (Å²) in [6, 6.07) is 5.11. The zero-order valence-electron chi connectivity index (χ0n) is 11.2.